The number of nitrogens with one attached hydrogen (secondary N) is 1. The van der Waals surface area contributed by atoms with E-state index in [2.05, 4.69) is 57.5 Å². The number of nitrogens with zero attached hydrogens (tertiary/aromatic N) is 4. The van der Waals surface area contributed by atoms with Crippen LogP contribution in [0.1, 0.15) is 41.2 Å². The third-order valence-electron chi connectivity index (χ3n) is 6.33. The van der Waals surface area contributed by atoms with E-state index >= 15 is 0 Å². The molecule has 1 saturated heterocycles. The van der Waals surface area contributed by atoms with Crippen molar-refractivity contribution in [3.05, 3.63) is 83.4 Å². The number of hydroxylamine groups is 1. The van der Waals surface area contributed by atoms with Gasteiger partial charge in [0.2, 0.25) is 0 Å². The van der Waals surface area contributed by atoms with Gasteiger partial charge >= 0.3 is 0 Å². The largest absolute Gasteiger partial charge is 0.304 e. The molecular weight excluding hydrogens is 402 g/mol. The van der Waals surface area contributed by atoms with Gasteiger partial charge in [-0.2, -0.15) is 0 Å². The summed E-state index contributed by atoms with van der Waals surface area (Å²) in [5, 5.41) is 8.79. The average molecular weight is 434 g/mol. The fourth-order valence-electron chi connectivity index (χ4n) is 4.70. The van der Waals surface area contributed by atoms with Crippen molar-refractivity contribution in [1.82, 2.24) is 24.8 Å². The van der Waals surface area contributed by atoms with Gasteiger partial charge in [0.25, 0.3) is 5.91 Å². The van der Waals surface area contributed by atoms with Crippen LogP contribution in [0.2, 0.25) is 0 Å². The van der Waals surface area contributed by atoms with Gasteiger partial charge in [-0.05, 0) is 50.1 Å². The maximum atomic E-state index is 11.5. The van der Waals surface area contributed by atoms with E-state index < -0.39 is 5.91 Å². The van der Waals surface area contributed by atoms with E-state index in [1.807, 2.05) is 31.5 Å². The lowest BCUT2D eigenvalue weighted by Crippen LogP contribution is -2.55. The van der Waals surface area contributed by atoms with E-state index in [4.69, 9.17) is 5.21 Å². The van der Waals surface area contributed by atoms with Gasteiger partial charge in [-0.15, -0.1) is 0 Å². The smallest absolute Gasteiger partial charge is 0.274 e. The van der Waals surface area contributed by atoms with Crippen molar-refractivity contribution in [2.24, 2.45) is 0 Å². The Balaban J connectivity index is 1.43. The molecule has 1 aromatic heterocycles. The van der Waals surface area contributed by atoms with Crippen molar-refractivity contribution in [3.63, 3.8) is 0 Å². The Kier molecular flexibility index (Phi) is 6.69. The zero-order chi connectivity index (χ0) is 22.7. The standard InChI is InChI=1S/C25H31N5O2/c1-18-14-28(17-23-6-4-5-7-24(23)29-13-12-26-20(29)3)15-19(2)30(18)16-21-8-10-22(11-9-21)25(31)27-32/h4-13,18-19,32H,14-17H2,1-3H3,(H,27,31)/t18-,19+. The van der Waals surface area contributed by atoms with Crippen LogP contribution in [0.5, 0.6) is 0 Å². The summed E-state index contributed by atoms with van der Waals surface area (Å²) < 4.78 is 2.15. The van der Waals surface area contributed by atoms with E-state index in [1.165, 1.54) is 11.3 Å². The van der Waals surface area contributed by atoms with Crippen LogP contribution in [0, 0.1) is 6.92 Å². The Morgan fingerprint density at radius 2 is 1.75 bits per heavy atom. The maximum absolute atomic E-state index is 11.5. The summed E-state index contributed by atoms with van der Waals surface area (Å²) in [6.45, 7) is 10.3. The zero-order valence-corrected chi connectivity index (χ0v) is 18.9. The lowest BCUT2D eigenvalue weighted by atomic mass is 10.0. The molecule has 0 unspecified atom stereocenters. The van der Waals surface area contributed by atoms with Crippen LogP contribution in [-0.4, -0.2) is 55.6 Å². The van der Waals surface area contributed by atoms with E-state index in [9.17, 15) is 4.79 Å². The first-order valence-corrected chi connectivity index (χ1v) is 11.1. The van der Waals surface area contributed by atoms with Crippen molar-refractivity contribution in [2.45, 2.75) is 45.9 Å². The second kappa shape index (κ2) is 9.65. The highest BCUT2D eigenvalue weighted by molar-refractivity contribution is 5.93. The molecule has 2 atom stereocenters. The molecule has 0 aliphatic carbocycles. The van der Waals surface area contributed by atoms with Crippen molar-refractivity contribution in [2.75, 3.05) is 13.1 Å². The van der Waals surface area contributed by atoms with Crippen LogP contribution in [-0.2, 0) is 13.1 Å². The van der Waals surface area contributed by atoms with Gasteiger partial charge < -0.3 is 4.57 Å². The van der Waals surface area contributed by atoms with E-state index in [0.29, 0.717) is 17.6 Å². The van der Waals surface area contributed by atoms with Gasteiger partial charge in [0.1, 0.15) is 5.82 Å². The number of benzene rings is 2. The molecular formula is C25H31N5O2. The van der Waals surface area contributed by atoms with E-state index in [1.54, 1.807) is 17.6 Å². The molecule has 0 radical (unpaired) electrons. The zero-order valence-electron chi connectivity index (χ0n) is 18.9. The normalized spacial score (nSPS) is 19.8. The number of carbonyl (C=O) groups is 1. The Morgan fingerprint density at radius 1 is 1.06 bits per heavy atom. The van der Waals surface area contributed by atoms with Crippen LogP contribution in [0.15, 0.2) is 60.9 Å². The molecule has 0 saturated carbocycles. The minimum Gasteiger partial charge on any atom is -0.304 e. The highest BCUT2D eigenvalue weighted by Crippen LogP contribution is 2.23. The molecule has 1 aliphatic rings. The van der Waals surface area contributed by atoms with E-state index in [0.717, 1.165) is 37.6 Å². The first-order chi connectivity index (χ1) is 15.5. The molecule has 1 fully saturated rings. The maximum Gasteiger partial charge on any atom is 0.274 e. The number of hydrogen-bond donors (Lipinski definition) is 2. The van der Waals surface area contributed by atoms with Crippen LogP contribution in [0.4, 0.5) is 0 Å². The predicted octanol–water partition coefficient (Wildman–Crippen LogP) is 3.39. The van der Waals surface area contributed by atoms with Crippen LogP contribution >= 0.6 is 0 Å². The summed E-state index contributed by atoms with van der Waals surface area (Å²) in [4.78, 5) is 21.0. The highest BCUT2D eigenvalue weighted by Gasteiger charge is 2.29. The Labute approximate surface area is 189 Å². The topological polar surface area (TPSA) is 73.6 Å². The van der Waals surface area contributed by atoms with Gasteiger partial charge in [-0.3, -0.25) is 19.8 Å². The number of hydrogen-bond acceptors (Lipinski definition) is 5. The molecule has 4 rings (SSSR count). The third-order valence-corrected chi connectivity index (χ3v) is 6.33. The van der Waals surface area contributed by atoms with Crippen molar-refractivity contribution in [3.8, 4) is 5.69 Å². The molecule has 1 amide bonds. The number of rotatable bonds is 6. The molecule has 7 nitrogen and oxygen atoms in total. The van der Waals surface area contributed by atoms with E-state index in [-0.39, 0.29) is 0 Å². The SMILES string of the molecule is Cc1nccn1-c1ccccc1CN1C[C@@H](C)N(Cc2ccc(C(=O)NO)cc2)[C@@H](C)C1. The molecule has 0 bridgehead atoms. The summed E-state index contributed by atoms with van der Waals surface area (Å²) in [6, 6.07) is 16.8. The average Bonchev–Trinajstić information content (AvgIpc) is 3.22. The molecule has 168 valence electrons. The van der Waals surface area contributed by atoms with Crippen molar-refractivity contribution >= 4 is 5.91 Å². The minimum atomic E-state index is -0.488. The molecule has 7 heteroatoms. The second-order valence-electron chi connectivity index (χ2n) is 8.68. The summed E-state index contributed by atoms with van der Waals surface area (Å²) in [5.41, 5.74) is 5.79. The Hall–Kier alpha value is -3.00. The number of aromatic nitrogens is 2. The fourth-order valence-corrected chi connectivity index (χ4v) is 4.70. The fraction of sp³-hybridized carbons (Fsp3) is 0.360. The summed E-state index contributed by atoms with van der Waals surface area (Å²) in [5.74, 6) is 0.504. The number of aryl methyl sites for hydroxylation is 1. The summed E-state index contributed by atoms with van der Waals surface area (Å²) in [7, 11) is 0. The van der Waals surface area contributed by atoms with Crippen molar-refractivity contribution < 1.29 is 10.0 Å². The molecule has 2 N–H and O–H groups in total. The quantitative estimate of drug-likeness (QED) is 0.460. The molecule has 2 heterocycles. The van der Waals surface area contributed by atoms with Crippen LogP contribution in [0.25, 0.3) is 5.69 Å². The van der Waals surface area contributed by atoms with Gasteiger partial charge in [-0.25, -0.2) is 10.5 Å². The summed E-state index contributed by atoms with van der Waals surface area (Å²) in [6.07, 6.45) is 3.87. The molecule has 2 aromatic carbocycles. The van der Waals surface area contributed by atoms with Crippen LogP contribution < -0.4 is 5.48 Å². The van der Waals surface area contributed by atoms with Gasteiger partial charge in [0.05, 0.1) is 5.69 Å². The predicted molar refractivity (Wildman–Crippen MR) is 124 cm³/mol. The number of carbonyl (C=O) groups excluding carboxylic acids is 1. The lowest BCUT2D eigenvalue weighted by molar-refractivity contribution is 0.0290. The molecule has 1 aliphatic heterocycles. The monoisotopic (exact) mass is 433 g/mol. The summed E-state index contributed by atoms with van der Waals surface area (Å²) >= 11 is 0. The Morgan fingerprint density at radius 3 is 2.38 bits per heavy atom. The third kappa shape index (κ3) is 4.75. The highest BCUT2D eigenvalue weighted by atomic mass is 16.5. The number of amides is 1. The van der Waals surface area contributed by atoms with Crippen LogP contribution in [0.3, 0.4) is 0 Å². The molecule has 0 spiro atoms. The molecule has 32 heavy (non-hydrogen) atoms. The molecule has 3 aromatic rings. The first-order valence-electron chi connectivity index (χ1n) is 11.1. The Bertz CT molecular complexity index is 1050. The van der Waals surface area contributed by atoms with Gasteiger partial charge in [0, 0.05) is 56.2 Å². The second-order valence-corrected chi connectivity index (χ2v) is 8.68. The minimum absolute atomic E-state index is 0.404. The van der Waals surface area contributed by atoms with Crippen molar-refractivity contribution in [1.29, 1.82) is 0 Å². The number of imidazole rings is 1. The number of piperazine rings is 1. The van der Waals surface area contributed by atoms with Gasteiger partial charge in [-0.1, -0.05) is 30.3 Å². The lowest BCUT2D eigenvalue weighted by Gasteiger charge is -2.44. The van der Waals surface area contributed by atoms with Gasteiger partial charge in [0.15, 0.2) is 0 Å². The number of para-hydroxylation sites is 1. The first kappa shape index (κ1) is 22.2.